The molecule has 1 saturated carbocycles. The van der Waals surface area contributed by atoms with Crippen LogP contribution in [0.15, 0.2) is 17.3 Å². The number of anilines is 1. The lowest BCUT2D eigenvalue weighted by Crippen LogP contribution is -2.04. The van der Waals surface area contributed by atoms with Crippen molar-refractivity contribution in [1.29, 1.82) is 0 Å². The highest BCUT2D eigenvalue weighted by molar-refractivity contribution is 6.36. The van der Waals surface area contributed by atoms with Crippen LogP contribution in [-0.4, -0.2) is 32.8 Å². The molecular weight excluding hydrogens is 302 g/mol. The van der Waals surface area contributed by atoms with Crippen LogP contribution in [0.4, 0.5) is 11.8 Å². The number of aromatic amines is 1. The number of aliphatic imine (C=N–C) groups is 1. The van der Waals surface area contributed by atoms with E-state index in [9.17, 15) is 5.11 Å². The van der Waals surface area contributed by atoms with E-state index < -0.39 is 0 Å². The lowest BCUT2D eigenvalue weighted by Gasteiger charge is -2.01. The predicted octanol–water partition coefficient (Wildman–Crippen LogP) is 3.24. The van der Waals surface area contributed by atoms with Gasteiger partial charge in [0.1, 0.15) is 5.69 Å². The van der Waals surface area contributed by atoms with E-state index >= 15 is 0 Å². The van der Waals surface area contributed by atoms with Crippen LogP contribution in [0.25, 0.3) is 11.6 Å². The predicted molar refractivity (Wildman–Crippen MR) is 86.7 cm³/mol. The average molecular weight is 316 g/mol. The summed E-state index contributed by atoms with van der Waals surface area (Å²) in [5.74, 6) is 1.84. The first-order chi connectivity index (χ1) is 10.7. The van der Waals surface area contributed by atoms with Crippen molar-refractivity contribution < 1.29 is 5.11 Å². The number of hydrogen-bond acceptors (Lipinski definition) is 5. The van der Waals surface area contributed by atoms with E-state index in [-0.39, 0.29) is 5.88 Å². The molecule has 112 valence electrons. The van der Waals surface area contributed by atoms with Crippen molar-refractivity contribution in [2.75, 3.05) is 11.9 Å². The number of hydrogen-bond donors (Lipinski definition) is 3. The molecule has 0 amide bonds. The molecular formula is C15H14ClN5O. The fourth-order valence-corrected chi connectivity index (χ4v) is 2.63. The minimum absolute atomic E-state index is 0.0485. The Morgan fingerprint density at radius 1 is 1.45 bits per heavy atom. The van der Waals surface area contributed by atoms with E-state index in [1.165, 1.54) is 12.8 Å². The van der Waals surface area contributed by atoms with Gasteiger partial charge in [-0.2, -0.15) is 4.98 Å². The maximum atomic E-state index is 9.97. The van der Waals surface area contributed by atoms with Crippen molar-refractivity contribution in [3.8, 4) is 5.88 Å². The van der Waals surface area contributed by atoms with E-state index in [0.717, 1.165) is 23.6 Å². The van der Waals surface area contributed by atoms with Crippen molar-refractivity contribution in [1.82, 2.24) is 15.0 Å². The van der Waals surface area contributed by atoms with Gasteiger partial charge in [-0.05, 0) is 30.9 Å². The van der Waals surface area contributed by atoms with Crippen molar-refractivity contribution in [3.63, 3.8) is 0 Å². The summed E-state index contributed by atoms with van der Waals surface area (Å²) in [4.78, 5) is 15.5. The van der Waals surface area contributed by atoms with Gasteiger partial charge in [0.25, 0.3) is 0 Å². The number of fused-ring (bicyclic) bond motifs is 1. The Hall–Kier alpha value is -2.34. The number of allylic oxidation sites excluding steroid dienone is 1. The maximum absolute atomic E-state index is 9.97. The molecule has 3 N–H and O–H groups in total. The molecule has 2 aromatic heterocycles. The molecule has 0 saturated heterocycles. The number of nitrogens with one attached hydrogen (secondary N) is 2. The lowest BCUT2D eigenvalue weighted by molar-refractivity contribution is 0.455. The fraction of sp³-hybridized carbons (Fsp3) is 0.267. The molecule has 1 aliphatic heterocycles. The molecule has 2 aliphatic rings. The summed E-state index contributed by atoms with van der Waals surface area (Å²) in [5, 5.41) is 13.7. The molecule has 0 unspecified atom stereocenters. The third kappa shape index (κ3) is 2.46. The van der Waals surface area contributed by atoms with Gasteiger partial charge in [0.15, 0.2) is 5.82 Å². The molecule has 1 aliphatic carbocycles. The van der Waals surface area contributed by atoms with Crippen molar-refractivity contribution in [3.05, 3.63) is 28.5 Å². The van der Waals surface area contributed by atoms with Crippen LogP contribution >= 0.6 is 11.6 Å². The van der Waals surface area contributed by atoms with Gasteiger partial charge in [-0.25, -0.2) is 9.98 Å². The van der Waals surface area contributed by atoms with Crippen LogP contribution in [-0.2, 0) is 0 Å². The van der Waals surface area contributed by atoms with Gasteiger partial charge in [0.2, 0.25) is 11.8 Å². The van der Waals surface area contributed by atoms with Gasteiger partial charge in [-0.3, -0.25) is 0 Å². The van der Waals surface area contributed by atoms with E-state index in [4.69, 9.17) is 11.6 Å². The fourth-order valence-electron chi connectivity index (χ4n) is 2.38. The molecule has 0 atom stereocenters. The molecule has 1 fully saturated rings. The second kappa shape index (κ2) is 5.14. The molecule has 3 heterocycles. The third-order valence-corrected chi connectivity index (χ3v) is 4.08. The van der Waals surface area contributed by atoms with Gasteiger partial charge in [-0.15, -0.1) is 0 Å². The molecule has 7 heteroatoms. The number of imidazole rings is 1. The Bertz CT molecular complexity index is 791. The molecule has 6 nitrogen and oxygen atoms in total. The van der Waals surface area contributed by atoms with Crippen LogP contribution in [0.5, 0.6) is 5.88 Å². The SMILES string of the molecule is Oc1nc(NCC2CC2)[nH]c1C=C1C=Nc2nccc(Cl)c21. The van der Waals surface area contributed by atoms with E-state index in [1.807, 2.05) is 0 Å². The molecule has 0 spiro atoms. The zero-order chi connectivity index (χ0) is 15.1. The van der Waals surface area contributed by atoms with Crippen LogP contribution in [0.1, 0.15) is 24.1 Å². The minimum atomic E-state index is -0.0485. The monoisotopic (exact) mass is 315 g/mol. The number of nitrogens with zero attached hydrogens (tertiary/aromatic N) is 3. The average Bonchev–Trinajstić information content (AvgIpc) is 3.14. The Labute approximate surface area is 132 Å². The second-order valence-corrected chi connectivity index (χ2v) is 5.90. The highest BCUT2D eigenvalue weighted by atomic mass is 35.5. The lowest BCUT2D eigenvalue weighted by atomic mass is 10.1. The number of pyridine rings is 1. The van der Waals surface area contributed by atoms with Crippen LogP contribution < -0.4 is 5.32 Å². The molecule has 2 aromatic rings. The van der Waals surface area contributed by atoms with Gasteiger partial charge >= 0.3 is 0 Å². The maximum Gasteiger partial charge on any atom is 0.238 e. The summed E-state index contributed by atoms with van der Waals surface area (Å²) >= 11 is 6.21. The Kier molecular flexibility index (Phi) is 3.11. The van der Waals surface area contributed by atoms with Gasteiger partial charge in [0, 0.05) is 30.1 Å². The molecule has 22 heavy (non-hydrogen) atoms. The Balaban J connectivity index is 1.62. The smallest absolute Gasteiger partial charge is 0.238 e. The number of halogens is 1. The largest absolute Gasteiger partial charge is 0.492 e. The summed E-state index contributed by atoms with van der Waals surface area (Å²) in [6, 6.07) is 1.72. The summed E-state index contributed by atoms with van der Waals surface area (Å²) in [5.41, 5.74) is 2.08. The normalized spacial score (nSPS) is 18.0. The van der Waals surface area contributed by atoms with Crippen molar-refractivity contribution >= 4 is 41.2 Å². The first-order valence-electron chi connectivity index (χ1n) is 7.14. The molecule has 4 rings (SSSR count). The van der Waals surface area contributed by atoms with Gasteiger partial charge < -0.3 is 15.4 Å². The zero-order valence-electron chi connectivity index (χ0n) is 11.7. The number of aromatic nitrogens is 3. The summed E-state index contributed by atoms with van der Waals surface area (Å²) in [6.07, 6.45) is 7.59. The van der Waals surface area contributed by atoms with E-state index in [1.54, 1.807) is 24.6 Å². The molecule has 0 bridgehead atoms. The highest BCUT2D eigenvalue weighted by Crippen LogP contribution is 2.36. The standard InChI is InChI=1S/C15H14ClN5O/c16-10-3-4-17-13-12(10)9(7-18-13)5-11-14(22)21-15(20-11)19-6-8-1-2-8/h3-5,7-8,22H,1-2,6H2,(H2,19,20,21). The minimum Gasteiger partial charge on any atom is -0.492 e. The zero-order valence-corrected chi connectivity index (χ0v) is 12.4. The van der Waals surface area contributed by atoms with Gasteiger partial charge in [-0.1, -0.05) is 11.6 Å². The van der Waals surface area contributed by atoms with Crippen LogP contribution in [0, 0.1) is 5.92 Å². The van der Waals surface area contributed by atoms with E-state index in [2.05, 4.69) is 25.3 Å². The first kappa shape index (κ1) is 13.3. The van der Waals surface area contributed by atoms with Crippen molar-refractivity contribution in [2.45, 2.75) is 12.8 Å². The Morgan fingerprint density at radius 3 is 3.14 bits per heavy atom. The quantitative estimate of drug-likeness (QED) is 0.808. The van der Waals surface area contributed by atoms with E-state index in [0.29, 0.717) is 22.5 Å². The Morgan fingerprint density at radius 2 is 2.32 bits per heavy atom. The highest BCUT2D eigenvalue weighted by Gasteiger charge is 2.22. The molecule has 0 aromatic carbocycles. The number of rotatable bonds is 4. The summed E-state index contributed by atoms with van der Waals surface area (Å²) in [6.45, 7) is 0.878. The first-order valence-corrected chi connectivity index (χ1v) is 7.52. The summed E-state index contributed by atoms with van der Waals surface area (Å²) < 4.78 is 0. The topological polar surface area (TPSA) is 86.2 Å². The second-order valence-electron chi connectivity index (χ2n) is 5.50. The van der Waals surface area contributed by atoms with Crippen LogP contribution in [0.2, 0.25) is 5.02 Å². The number of H-pyrrole nitrogens is 1. The molecule has 0 radical (unpaired) electrons. The van der Waals surface area contributed by atoms with Gasteiger partial charge in [0.05, 0.1) is 5.02 Å². The third-order valence-electron chi connectivity index (χ3n) is 3.76. The number of aromatic hydroxyl groups is 1. The van der Waals surface area contributed by atoms with Crippen molar-refractivity contribution in [2.24, 2.45) is 10.9 Å². The summed E-state index contributed by atoms with van der Waals surface area (Å²) in [7, 11) is 0. The van der Waals surface area contributed by atoms with Crippen LogP contribution in [0.3, 0.4) is 0 Å².